The zero-order valence-corrected chi connectivity index (χ0v) is 11.8. The lowest BCUT2D eigenvalue weighted by Crippen LogP contribution is -2.34. The van der Waals surface area contributed by atoms with Crippen molar-refractivity contribution in [3.8, 4) is 0 Å². The molecule has 0 saturated heterocycles. The van der Waals surface area contributed by atoms with E-state index < -0.39 is 21.5 Å². The highest BCUT2D eigenvalue weighted by Gasteiger charge is 2.37. The summed E-state index contributed by atoms with van der Waals surface area (Å²) in [4.78, 5) is 24.8. The fourth-order valence-electron chi connectivity index (χ4n) is 1.90. The number of ketones is 1. The number of fused-ring (bicyclic) bond motifs is 1. The normalized spacial score (nSPS) is 14.9. The van der Waals surface area contributed by atoms with Gasteiger partial charge in [-0.05, 0) is 12.1 Å². The Hall–Kier alpha value is -1.40. The van der Waals surface area contributed by atoms with E-state index in [0.29, 0.717) is 5.69 Å². The molecule has 0 saturated carbocycles. The maximum atomic E-state index is 11.8. The monoisotopic (exact) mass is 301 g/mol. The molecule has 0 unspecified atom stereocenters. The van der Waals surface area contributed by atoms with Gasteiger partial charge in [-0.3, -0.25) is 9.59 Å². The molecule has 1 aliphatic rings. The van der Waals surface area contributed by atoms with Crippen molar-refractivity contribution < 1.29 is 18.0 Å². The quantitative estimate of drug-likeness (QED) is 0.786. The lowest BCUT2D eigenvalue weighted by atomic mass is 10.1. The van der Waals surface area contributed by atoms with Crippen LogP contribution in [-0.2, 0) is 14.6 Å². The molecule has 5 nitrogen and oxygen atoms in total. The van der Waals surface area contributed by atoms with Crippen LogP contribution in [0.2, 0.25) is 5.02 Å². The van der Waals surface area contributed by atoms with Crippen LogP contribution in [-0.4, -0.2) is 38.2 Å². The van der Waals surface area contributed by atoms with E-state index in [-0.39, 0.29) is 28.6 Å². The molecule has 0 bridgehead atoms. The topological polar surface area (TPSA) is 71.5 Å². The van der Waals surface area contributed by atoms with Crippen molar-refractivity contribution in [3.05, 3.63) is 28.8 Å². The van der Waals surface area contributed by atoms with E-state index in [4.69, 9.17) is 11.6 Å². The highest BCUT2D eigenvalue weighted by Crippen LogP contribution is 2.33. The molecule has 1 aromatic carbocycles. The van der Waals surface area contributed by atoms with Gasteiger partial charge >= 0.3 is 0 Å². The van der Waals surface area contributed by atoms with Crippen LogP contribution >= 0.6 is 11.6 Å². The number of hydrogen-bond donors (Lipinski definition) is 0. The summed E-state index contributed by atoms with van der Waals surface area (Å²) < 4.78 is 22.9. The van der Waals surface area contributed by atoms with Gasteiger partial charge in [0.25, 0.3) is 11.7 Å². The maximum Gasteiger partial charge on any atom is 0.299 e. The number of amides is 1. The molecular weight excluding hydrogens is 290 g/mol. The van der Waals surface area contributed by atoms with Crippen molar-refractivity contribution in [1.82, 2.24) is 0 Å². The van der Waals surface area contributed by atoms with Crippen LogP contribution < -0.4 is 4.90 Å². The fourth-order valence-corrected chi connectivity index (χ4v) is 2.90. The number of carbonyl (C=O) groups is 2. The third-order valence-electron chi connectivity index (χ3n) is 3.01. The summed E-state index contributed by atoms with van der Waals surface area (Å²) in [6, 6.07) is 4.73. The molecule has 0 fully saturated rings. The minimum Gasteiger partial charge on any atom is -0.304 e. The summed E-state index contributed by atoms with van der Waals surface area (Å²) in [5.41, 5.74) is 0.539. The van der Waals surface area contributed by atoms with Gasteiger partial charge in [0.05, 0.1) is 22.0 Å². The summed E-state index contributed by atoms with van der Waals surface area (Å²) in [6.07, 6.45) is 0. The van der Waals surface area contributed by atoms with Gasteiger partial charge in [-0.2, -0.15) is 0 Å². The second-order valence-corrected chi connectivity index (χ2v) is 7.04. The van der Waals surface area contributed by atoms with Gasteiger partial charge in [0.15, 0.2) is 9.84 Å². The lowest BCUT2D eigenvalue weighted by molar-refractivity contribution is -0.114. The molecule has 1 heterocycles. The summed E-state index contributed by atoms with van der Waals surface area (Å²) in [6.45, 7) is 1.51. The molecular formula is C12H12ClNO4S. The first kappa shape index (κ1) is 14.0. The largest absolute Gasteiger partial charge is 0.304 e. The van der Waals surface area contributed by atoms with E-state index in [2.05, 4.69) is 0 Å². The predicted octanol–water partition coefficient (Wildman–Crippen LogP) is 1.30. The fraction of sp³-hybridized carbons (Fsp3) is 0.333. The van der Waals surface area contributed by atoms with Crippen LogP contribution in [0.25, 0.3) is 0 Å². The molecule has 0 N–H and O–H groups in total. The zero-order chi connectivity index (χ0) is 14.2. The summed E-state index contributed by atoms with van der Waals surface area (Å²) in [5, 5.41) is 0.205. The van der Waals surface area contributed by atoms with Gasteiger partial charge in [-0.25, -0.2) is 8.42 Å². The Labute approximate surface area is 116 Å². The van der Waals surface area contributed by atoms with E-state index in [1.54, 1.807) is 12.1 Å². The summed E-state index contributed by atoms with van der Waals surface area (Å²) in [5.74, 6) is -1.58. The standard InChI is InChI=1S/C12H12ClNO4S/c1-2-19(17,18)7-6-14-9-5-3-4-8(13)10(9)11(15)12(14)16/h3-5H,2,6-7H2,1H3. The Morgan fingerprint density at radius 2 is 1.95 bits per heavy atom. The average Bonchev–Trinajstić information content (AvgIpc) is 2.61. The SMILES string of the molecule is CCS(=O)(=O)CCN1C(=O)C(=O)c2c(Cl)cccc21. The number of rotatable bonds is 4. The Bertz CT molecular complexity index is 654. The van der Waals surface area contributed by atoms with Crippen molar-refractivity contribution in [2.24, 2.45) is 0 Å². The van der Waals surface area contributed by atoms with E-state index in [9.17, 15) is 18.0 Å². The molecule has 1 amide bonds. The minimum absolute atomic E-state index is 0.00534. The van der Waals surface area contributed by atoms with Crippen molar-refractivity contribution in [3.63, 3.8) is 0 Å². The van der Waals surface area contributed by atoms with Crippen molar-refractivity contribution >= 4 is 38.8 Å². The molecule has 0 radical (unpaired) electrons. The van der Waals surface area contributed by atoms with Crippen LogP contribution in [0, 0.1) is 0 Å². The van der Waals surface area contributed by atoms with Crippen molar-refractivity contribution in [2.45, 2.75) is 6.92 Å². The van der Waals surface area contributed by atoms with Crippen LogP contribution in [0.4, 0.5) is 5.69 Å². The molecule has 19 heavy (non-hydrogen) atoms. The maximum absolute atomic E-state index is 11.8. The number of benzene rings is 1. The number of sulfone groups is 1. The molecule has 1 aromatic rings. The summed E-state index contributed by atoms with van der Waals surface area (Å²) >= 11 is 5.89. The summed E-state index contributed by atoms with van der Waals surface area (Å²) in [7, 11) is -3.20. The first-order valence-electron chi connectivity index (χ1n) is 5.72. The predicted molar refractivity (Wildman–Crippen MR) is 72.5 cm³/mol. The number of nitrogens with zero attached hydrogens (tertiary/aromatic N) is 1. The number of halogens is 1. The van der Waals surface area contributed by atoms with Gasteiger partial charge in [-0.15, -0.1) is 0 Å². The highest BCUT2D eigenvalue weighted by molar-refractivity contribution is 7.91. The Balaban J connectivity index is 2.32. The van der Waals surface area contributed by atoms with Crippen molar-refractivity contribution in [1.29, 1.82) is 0 Å². The van der Waals surface area contributed by atoms with E-state index >= 15 is 0 Å². The Kier molecular flexibility index (Phi) is 3.64. The molecule has 7 heteroatoms. The number of hydrogen-bond acceptors (Lipinski definition) is 4. The van der Waals surface area contributed by atoms with Crippen LogP contribution in [0.3, 0.4) is 0 Å². The van der Waals surface area contributed by atoms with Gasteiger partial charge in [0.2, 0.25) is 0 Å². The second-order valence-electron chi connectivity index (χ2n) is 4.16. The van der Waals surface area contributed by atoms with Gasteiger partial charge in [0.1, 0.15) is 0 Å². The number of anilines is 1. The van der Waals surface area contributed by atoms with Gasteiger partial charge in [-0.1, -0.05) is 24.6 Å². The van der Waals surface area contributed by atoms with Gasteiger partial charge < -0.3 is 4.90 Å². The molecule has 0 spiro atoms. The van der Waals surface area contributed by atoms with Crippen LogP contribution in [0.5, 0.6) is 0 Å². The second kappa shape index (κ2) is 4.94. The van der Waals surface area contributed by atoms with Crippen LogP contribution in [0.1, 0.15) is 17.3 Å². The third kappa shape index (κ3) is 2.50. The molecule has 0 aromatic heterocycles. The molecule has 102 valence electrons. The number of carbonyl (C=O) groups excluding carboxylic acids is 2. The van der Waals surface area contributed by atoms with E-state index in [1.165, 1.54) is 17.9 Å². The highest BCUT2D eigenvalue weighted by atomic mass is 35.5. The molecule has 1 aliphatic heterocycles. The third-order valence-corrected chi connectivity index (χ3v) is 5.01. The van der Waals surface area contributed by atoms with Gasteiger partial charge in [0, 0.05) is 12.3 Å². The van der Waals surface area contributed by atoms with E-state index in [0.717, 1.165) is 0 Å². The van der Waals surface area contributed by atoms with Crippen LogP contribution in [0.15, 0.2) is 18.2 Å². The zero-order valence-electron chi connectivity index (χ0n) is 10.2. The van der Waals surface area contributed by atoms with Crippen molar-refractivity contribution in [2.75, 3.05) is 23.0 Å². The molecule has 0 atom stereocenters. The lowest BCUT2D eigenvalue weighted by Gasteiger charge is -2.16. The molecule has 0 aliphatic carbocycles. The minimum atomic E-state index is -3.20. The first-order chi connectivity index (χ1) is 8.87. The Morgan fingerprint density at radius 3 is 2.58 bits per heavy atom. The van der Waals surface area contributed by atoms with E-state index in [1.807, 2.05) is 0 Å². The first-order valence-corrected chi connectivity index (χ1v) is 7.92. The molecule has 2 rings (SSSR count). The Morgan fingerprint density at radius 1 is 1.26 bits per heavy atom. The average molecular weight is 302 g/mol. The smallest absolute Gasteiger partial charge is 0.299 e. The number of Topliss-reactive ketones (excluding diaryl/α,β-unsaturated/α-hetero) is 1.